The highest BCUT2D eigenvalue weighted by molar-refractivity contribution is 5.90. The highest BCUT2D eigenvalue weighted by atomic mass is 19.3. The van der Waals surface area contributed by atoms with Gasteiger partial charge in [-0.1, -0.05) is 19.9 Å². The van der Waals surface area contributed by atoms with Crippen LogP contribution in [0.3, 0.4) is 0 Å². The average Bonchev–Trinajstić information content (AvgIpc) is 2.65. The highest BCUT2D eigenvalue weighted by Gasteiger charge is 2.18. The minimum absolute atomic E-state index is 0.170. The average molecular weight is 391 g/mol. The largest absolute Gasteiger partial charge is 0.307 e. The summed E-state index contributed by atoms with van der Waals surface area (Å²) in [6, 6.07) is 3.70. The molecule has 7 nitrogen and oxygen atoms in total. The zero-order valence-corrected chi connectivity index (χ0v) is 15.0. The van der Waals surface area contributed by atoms with Crippen LogP contribution in [0, 0.1) is 5.82 Å². The van der Waals surface area contributed by atoms with Crippen LogP contribution in [0.15, 0.2) is 35.5 Å². The van der Waals surface area contributed by atoms with Gasteiger partial charge in [0.1, 0.15) is 12.9 Å². The summed E-state index contributed by atoms with van der Waals surface area (Å²) in [6.07, 6.45) is -0.725. The summed E-state index contributed by atoms with van der Waals surface area (Å²) in [4.78, 5) is 32.0. The number of aromatic nitrogens is 4. The molecule has 146 valence electrons. The second-order valence-corrected chi connectivity index (χ2v) is 6.38. The lowest BCUT2D eigenvalue weighted by Crippen LogP contribution is -2.31. The second-order valence-electron chi connectivity index (χ2n) is 6.38. The summed E-state index contributed by atoms with van der Waals surface area (Å²) >= 11 is 0. The third-order valence-electron chi connectivity index (χ3n) is 4.03. The number of rotatable bonds is 5. The molecule has 0 spiro atoms. The fourth-order valence-electron chi connectivity index (χ4n) is 2.71. The Balaban J connectivity index is 2.01. The number of alkyl halides is 2. The molecule has 0 bridgehead atoms. The van der Waals surface area contributed by atoms with Gasteiger partial charge in [0.15, 0.2) is 11.6 Å². The molecule has 0 aliphatic rings. The van der Waals surface area contributed by atoms with Gasteiger partial charge in [0, 0.05) is 10.9 Å². The molecule has 0 aliphatic carbocycles. The molecule has 2 heterocycles. The Morgan fingerprint density at radius 3 is 2.64 bits per heavy atom. The van der Waals surface area contributed by atoms with E-state index in [9.17, 15) is 22.8 Å². The number of anilines is 1. The van der Waals surface area contributed by atoms with Gasteiger partial charge in [0.25, 0.3) is 12.0 Å². The predicted octanol–water partition coefficient (Wildman–Crippen LogP) is 3.03. The molecule has 0 saturated heterocycles. The lowest BCUT2D eigenvalue weighted by Gasteiger charge is -2.14. The first-order valence-electron chi connectivity index (χ1n) is 8.36. The molecule has 0 radical (unpaired) electrons. The Morgan fingerprint density at radius 1 is 1.25 bits per heavy atom. The number of amides is 1. The standard InChI is InChI=1S/C18H16F3N5O2/c1-9(2)15-12-5-10(16(20)21)3-4-11(12)18(28)26(25-15)7-14(27)24-17-13(19)6-22-8-23-17/h3-6,8-9,16H,7H2,1-2H3,(H,22,23,24,27). The van der Waals surface area contributed by atoms with E-state index in [1.165, 1.54) is 18.2 Å². The fourth-order valence-corrected chi connectivity index (χ4v) is 2.71. The van der Waals surface area contributed by atoms with Crippen LogP contribution in [0.2, 0.25) is 0 Å². The Labute approximate surface area is 157 Å². The summed E-state index contributed by atoms with van der Waals surface area (Å²) in [6.45, 7) is 3.10. The van der Waals surface area contributed by atoms with E-state index in [1.807, 2.05) is 0 Å². The van der Waals surface area contributed by atoms with E-state index in [-0.39, 0.29) is 22.7 Å². The minimum atomic E-state index is -2.68. The van der Waals surface area contributed by atoms with Gasteiger partial charge in [-0.15, -0.1) is 0 Å². The topological polar surface area (TPSA) is 89.8 Å². The second kappa shape index (κ2) is 7.75. The van der Waals surface area contributed by atoms with Crippen molar-refractivity contribution < 1.29 is 18.0 Å². The molecule has 1 amide bonds. The molecule has 0 fully saturated rings. The van der Waals surface area contributed by atoms with Gasteiger partial charge in [-0.25, -0.2) is 27.8 Å². The van der Waals surface area contributed by atoms with Gasteiger partial charge in [-0.05, 0) is 18.1 Å². The predicted molar refractivity (Wildman–Crippen MR) is 95.7 cm³/mol. The smallest absolute Gasteiger partial charge is 0.275 e. The number of nitrogens with zero attached hydrogens (tertiary/aromatic N) is 4. The lowest BCUT2D eigenvalue weighted by atomic mass is 10.0. The summed E-state index contributed by atoms with van der Waals surface area (Å²) in [5, 5.41) is 6.91. The Hall–Kier alpha value is -3.30. The van der Waals surface area contributed by atoms with Crippen molar-refractivity contribution in [2.24, 2.45) is 0 Å². The van der Waals surface area contributed by atoms with Crippen molar-refractivity contribution in [1.82, 2.24) is 19.7 Å². The third kappa shape index (κ3) is 3.85. The van der Waals surface area contributed by atoms with E-state index >= 15 is 0 Å². The fraction of sp³-hybridized carbons (Fsp3) is 0.278. The zero-order valence-electron chi connectivity index (χ0n) is 15.0. The number of fused-ring (bicyclic) bond motifs is 1. The number of carbonyl (C=O) groups excluding carboxylic acids is 1. The maximum Gasteiger partial charge on any atom is 0.275 e. The van der Waals surface area contributed by atoms with Crippen LogP contribution in [0.4, 0.5) is 19.0 Å². The zero-order chi connectivity index (χ0) is 20.4. The van der Waals surface area contributed by atoms with E-state index in [0.29, 0.717) is 11.1 Å². The van der Waals surface area contributed by atoms with Gasteiger partial charge in [0.05, 0.1) is 17.3 Å². The van der Waals surface area contributed by atoms with Crippen LogP contribution < -0.4 is 10.9 Å². The van der Waals surface area contributed by atoms with Crippen LogP contribution in [0.1, 0.15) is 37.4 Å². The number of carbonyl (C=O) groups is 1. The Morgan fingerprint density at radius 2 is 2.00 bits per heavy atom. The van der Waals surface area contributed by atoms with Crippen molar-refractivity contribution in [3.05, 3.63) is 58.2 Å². The van der Waals surface area contributed by atoms with Crippen molar-refractivity contribution in [3.8, 4) is 0 Å². The molecule has 0 unspecified atom stereocenters. The number of hydrogen-bond acceptors (Lipinski definition) is 5. The molecule has 0 saturated carbocycles. The van der Waals surface area contributed by atoms with Crippen molar-refractivity contribution in [2.45, 2.75) is 32.7 Å². The van der Waals surface area contributed by atoms with E-state index in [0.717, 1.165) is 17.2 Å². The molecule has 10 heteroatoms. The maximum atomic E-state index is 13.6. The quantitative estimate of drug-likeness (QED) is 0.722. The monoisotopic (exact) mass is 391 g/mol. The van der Waals surface area contributed by atoms with Gasteiger partial charge < -0.3 is 5.32 Å². The first kappa shape index (κ1) is 19.5. The molecule has 3 aromatic rings. The van der Waals surface area contributed by atoms with E-state index in [4.69, 9.17) is 0 Å². The summed E-state index contributed by atoms with van der Waals surface area (Å²) in [5.74, 6) is -2.05. The molecule has 1 N–H and O–H groups in total. The Bertz CT molecular complexity index is 1100. The van der Waals surface area contributed by atoms with Gasteiger partial charge >= 0.3 is 0 Å². The summed E-state index contributed by atoms with van der Waals surface area (Å²) in [5.41, 5.74) is -0.429. The molecule has 2 aromatic heterocycles. The van der Waals surface area contributed by atoms with Crippen LogP contribution in [0.5, 0.6) is 0 Å². The normalized spacial score (nSPS) is 11.4. The highest BCUT2D eigenvalue weighted by Crippen LogP contribution is 2.26. The van der Waals surface area contributed by atoms with Gasteiger partial charge in [0.2, 0.25) is 5.91 Å². The van der Waals surface area contributed by atoms with Crippen molar-refractivity contribution >= 4 is 22.5 Å². The molecular weight excluding hydrogens is 375 g/mol. The van der Waals surface area contributed by atoms with Gasteiger partial charge in [-0.3, -0.25) is 9.59 Å². The van der Waals surface area contributed by atoms with Crippen molar-refractivity contribution in [2.75, 3.05) is 5.32 Å². The number of halogens is 3. The third-order valence-corrected chi connectivity index (χ3v) is 4.03. The number of nitrogens with one attached hydrogen (secondary N) is 1. The number of hydrogen-bond donors (Lipinski definition) is 1. The van der Waals surface area contributed by atoms with Crippen LogP contribution in [-0.4, -0.2) is 25.7 Å². The van der Waals surface area contributed by atoms with Crippen LogP contribution in [-0.2, 0) is 11.3 Å². The molecular formula is C18H16F3N5O2. The van der Waals surface area contributed by atoms with E-state index in [1.54, 1.807) is 13.8 Å². The summed E-state index contributed by atoms with van der Waals surface area (Å²) < 4.78 is 40.5. The number of benzene rings is 1. The molecule has 3 rings (SSSR count). The molecule has 0 aliphatic heterocycles. The van der Waals surface area contributed by atoms with Crippen molar-refractivity contribution in [3.63, 3.8) is 0 Å². The lowest BCUT2D eigenvalue weighted by molar-refractivity contribution is -0.117. The Kier molecular flexibility index (Phi) is 5.39. The van der Waals surface area contributed by atoms with Gasteiger partial charge in [-0.2, -0.15) is 5.10 Å². The SMILES string of the molecule is CC(C)c1nn(CC(=O)Nc2ncncc2F)c(=O)c2ccc(C(F)F)cc12. The van der Waals surface area contributed by atoms with Crippen LogP contribution in [0.25, 0.3) is 10.8 Å². The molecule has 0 atom stereocenters. The van der Waals surface area contributed by atoms with E-state index in [2.05, 4.69) is 20.4 Å². The van der Waals surface area contributed by atoms with Crippen molar-refractivity contribution in [1.29, 1.82) is 0 Å². The molecule has 28 heavy (non-hydrogen) atoms. The van der Waals surface area contributed by atoms with Crippen LogP contribution >= 0.6 is 0 Å². The molecule has 1 aromatic carbocycles. The first-order valence-corrected chi connectivity index (χ1v) is 8.36. The van der Waals surface area contributed by atoms with E-state index < -0.39 is 30.3 Å². The minimum Gasteiger partial charge on any atom is -0.307 e. The first-order chi connectivity index (χ1) is 13.3. The maximum absolute atomic E-state index is 13.6. The summed E-state index contributed by atoms with van der Waals surface area (Å²) in [7, 11) is 0.